The van der Waals surface area contributed by atoms with Gasteiger partial charge in [-0.1, -0.05) is 43.2 Å². The molecule has 3 aromatic carbocycles. The van der Waals surface area contributed by atoms with E-state index in [1.54, 1.807) is 30.5 Å². The molecule has 0 aliphatic heterocycles. The average Bonchev–Trinajstić information content (AvgIpc) is 2.80. The van der Waals surface area contributed by atoms with Crippen LogP contribution >= 0.6 is 0 Å². The summed E-state index contributed by atoms with van der Waals surface area (Å²) in [4.78, 5) is 12.3. The van der Waals surface area contributed by atoms with Gasteiger partial charge in [0.15, 0.2) is 0 Å². The largest absolute Gasteiger partial charge is 0.494 e. The van der Waals surface area contributed by atoms with E-state index >= 15 is 0 Å². The minimum Gasteiger partial charge on any atom is -0.494 e. The predicted molar refractivity (Wildman–Crippen MR) is 124 cm³/mol. The van der Waals surface area contributed by atoms with Crippen molar-refractivity contribution in [1.29, 1.82) is 0 Å². The minimum atomic E-state index is -0.277. The van der Waals surface area contributed by atoms with Crippen LogP contribution in [0.4, 0.5) is 0 Å². The Morgan fingerprint density at radius 1 is 0.903 bits per heavy atom. The van der Waals surface area contributed by atoms with Gasteiger partial charge in [0.1, 0.15) is 18.1 Å². The first-order valence-electron chi connectivity index (χ1n) is 10.5. The smallest absolute Gasteiger partial charge is 0.271 e. The number of carbonyl (C=O) groups is 1. The first kappa shape index (κ1) is 22.1. The summed E-state index contributed by atoms with van der Waals surface area (Å²) in [6.07, 6.45) is 3.75. The highest BCUT2D eigenvalue weighted by Gasteiger charge is 2.05. The summed E-state index contributed by atoms with van der Waals surface area (Å²) in [6.45, 7) is 5.39. The highest BCUT2D eigenvalue weighted by molar-refractivity contribution is 5.95. The molecule has 0 bridgehead atoms. The minimum absolute atomic E-state index is 0.277. The molecule has 1 amide bonds. The number of nitrogens with zero attached hydrogens (tertiary/aromatic N) is 1. The number of unbranched alkanes of at least 4 members (excludes halogenated alkanes) is 1. The second-order valence-corrected chi connectivity index (χ2v) is 7.27. The lowest BCUT2D eigenvalue weighted by Gasteiger charge is -2.07. The van der Waals surface area contributed by atoms with E-state index < -0.39 is 0 Å². The van der Waals surface area contributed by atoms with Crippen molar-refractivity contribution in [1.82, 2.24) is 5.43 Å². The van der Waals surface area contributed by atoms with Crippen LogP contribution in [-0.2, 0) is 6.61 Å². The van der Waals surface area contributed by atoms with Crippen LogP contribution in [0.1, 0.15) is 46.8 Å². The lowest BCUT2D eigenvalue weighted by molar-refractivity contribution is 0.0955. The molecule has 0 spiro atoms. The number of carbonyl (C=O) groups excluding carboxylic acids is 1. The van der Waals surface area contributed by atoms with Crippen molar-refractivity contribution in [2.75, 3.05) is 6.61 Å². The van der Waals surface area contributed by atoms with Gasteiger partial charge >= 0.3 is 0 Å². The second kappa shape index (κ2) is 11.6. The van der Waals surface area contributed by atoms with E-state index in [9.17, 15) is 4.79 Å². The predicted octanol–water partition coefficient (Wildman–Crippen LogP) is 5.52. The van der Waals surface area contributed by atoms with Gasteiger partial charge in [0.2, 0.25) is 0 Å². The van der Waals surface area contributed by atoms with Gasteiger partial charge in [0.05, 0.1) is 12.8 Å². The molecule has 0 heterocycles. The Bertz CT molecular complexity index is 979. The summed E-state index contributed by atoms with van der Waals surface area (Å²) in [5, 5.41) is 4.03. The molecule has 0 aromatic heterocycles. The van der Waals surface area contributed by atoms with Crippen LogP contribution in [-0.4, -0.2) is 18.7 Å². The molecule has 0 radical (unpaired) electrons. The molecule has 5 nitrogen and oxygen atoms in total. The quantitative estimate of drug-likeness (QED) is 0.269. The van der Waals surface area contributed by atoms with Gasteiger partial charge in [-0.05, 0) is 73.0 Å². The summed E-state index contributed by atoms with van der Waals surface area (Å²) in [7, 11) is 0. The van der Waals surface area contributed by atoms with Crippen molar-refractivity contribution in [3.8, 4) is 11.5 Å². The monoisotopic (exact) mass is 416 g/mol. The number of aryl methyl sites for hydroxylation is 1. The lowest BCUT2D eigenvalue weighted by atomic mass is 10.2. The van der Waals surface area contributed by atoms with E-state index in [1.807, 2.05) is 36.4 Å². The van der Waals surface area contributed by atoms with Gasteiger partial charge in [-0.15, -0.1) is 0 Å². The molecule has 0 fully saturated rings. The Morgan fingerprint density at radius 2 is 1.55 bits per heavy atom. The number of amides is 1. The third kappa shape index (κ3) is 7.30. The molecule has 0 aliphatic rings. The highest BCUT2D eigenvalue weighted by atomic mass is 16.5. The maximum Gasteiger partial charge on any atom is 0.271 e. The fourth-order valence-electron chi connectivity index (χ4n) is 2.77. The molecule has 5 heteroatoms. The first-order valence-corrected chi connectivity index (χ1v) is 10.5. The summed E-state index contributed by atoms with van der Waals surface area (Å²) >= 11 is 0. The first-order chi connectivity index (χ1) is 15.1. The van der Waals surface area contributed by atoms with Crippen molar-refractivity contribution < 1.29 is 14.3 Å². The maximum atomic E-state index is 12.3. The SMILES string of the molecule is CCCCOc1ccc(C=NNC(=O)c2ccc(OCc3ccc(C)cc3)cc2)cc1. The van der Waals surface area contributed by atoms with E-state index in [-0.39, 0.29) is 5.91 Å². The van der Waals surface area contributed by atoms with Crippen LogP contribution in [0.3, 0.4) is 0 Å². The number of hydrogen-bond donors (Lipinski definition) is 1. The fourth-order valence-corrected chi connectivity index (χ4v) is 2.77. The molecule has 3 rings (SSSR count). The van der Waals surface area contributed by atoms with Crippen LogP contribution in [0.2, 0.25) is 0 Å². The number of rotatable bonds is 10. The molecular formula is C26H28N2O3. The molecular weight excluding hydrogens is 388 g/mol. The standard InChI is InChI=1S/C26H28N2O3/c1-3-4-17-30-24-13-9-21(10-14-24)18-27-28-26(29)23-11-15-25(16-12-23)31-19-22-7-5-20(2)6-8-22/h5-16,18H,3-4,17,19H2,1-2H3,(H,28,29). The highest BCUT2D eigenvalue weighted by Crippen LogP contribution is 2.15. The average molecular weight is 417 g/mol. The Labute approximate surface area is 183 Å². The molecule has 0 aliphatic carbocycles. The van der Waals surface area contributed by atoms with Crippen LogP contribution in [0.15, 0.2) is 77.9 Å². The lowest BCUT2D eigenvalue weighted by Crippen LogP contribution is -2.17. The van der Waals surface area contributed by atoms with E-state index in [4.69, 9.17) is 9.47 Å². The van der Waals surface area contributed by atoms with Crippen LogP contribution in [0, 0.1) is 6.92 Å². The van der Waals surface area contributed by atoms with E-state index in [0.29, 0.717) is 17.9 Å². The van der Waals surface area contributed by atoms with Gasteiger partial charge in [-0.25, -0.2) is 5.43 Å². The normalized spacial score (nSPS) is 10.8. The molecule has 3 aromatic rings. The van der Waals surface area contributed by atoms with Crippen LogP contribution < -0.4 is 14.9 Å². The van der Waals surface area contributed by atoms with Gasteiger partial charge in [-0.2, -0.15) is 5.10 Å². The Hall–Kier alpha value is -3.60. The molecule has 31 heavy (non-hydrogen) atoms. The van der Waals surface area contributed by atoms with Gasteiger partial charge in [0.25, 0.3) is 5.91 Å². The number of benzene rings is 3. The van der Waals surface area contributed by atoms with E-state index in [2.05, 4.69) is 36.5 Å². The molecule has 0 saturated heterocycles. The zero-order chi connectivity index (χ0) is 21.9. The zero-order valence-corrected chi connectivity index (χ0v) is 18.0. The number of ether oxygens (including phenoxy) is 2. The van der Waals surface area contributed by atoms with Gasteiger partial charge in [0, 0.05) is 5.56 Å². The summed E-state index contributed by atoms with van der Waals surface area (Å²) < 4.78 is 11.4. The van der Waals surface area contributed by atoms with Crippen molar-refractivity contribution >= 4 is 12.1 Å². The van der Waals surface area contributed by atoms with Gasteiger partial charge < -0.3 is 9.47 Å². The second-order valence-electron chi connectivity index (χ2n) is 7.27. The molecule has 1 N–H and O–H groups in total. The Balaban J connectivity index is 1.46. The molecule has 0 atom stereocenters. The number of hydrogen-bond acceptors (Lipinski definition) is 4. The van der Waals surface area contributed by atoms with Crippen molar-refractivity contribution in [2.24, 2.45) is 5.10 Å². The number of hydrazone groups is 1. The fraction of sp³-hybridized carbons (Fsp3) is 0.231. The van der Waals surface area contributed by atoms with E-state index in [0.717, 1.165) is 36.3 Å². The van der Waals surface area contributed by atoms with Crippen molar-refractivity contribution in [3.05, 3.63) is 95.1 Å². The number of nitrogens with one attached hydrogen (secondary N) is 1. The summed E-state index contributed by atoms with van der Waals surface area (Å²) in [5.74, 6) is 1.27. The van der Waals surface area contributed by atoms with Gasteiger partial charge in [-0.3, -0.25) is 4.79 Å². The zero-order valence-electron chi connectivity index (χ0n) is 18.0. The van der Waals surface area contributed by atoms with Crippen molar-refractivity contribution in [3.63, 3.8) is 0 Å². The summed E-state index contributed by atoms with van der Waals surface area (Å²) in [5.41, 5.74) is 6.25. The third-order valence-electron chi connectivity index (χ3n) is 4.67. The molecule has 0 saturated carbocycles. The molecule has 0 unspecified atom stereocenters. The summed E-state index contributed by atoms with van der Waals surface area (Å²) in [6, 6.07) is 22.8. The van der Waals surface area contributed by atoms with Crippen molar-refractivity contribution in [2.45, 2.75) is 33.3 Å². The topological polar surface area (TPSA) is 59.9 Å². The van der Waals surface area contributed by atoms with E-state index in [1.165, 1.54) is 5.56 Å². The molecule has 160 valence electrons. The maximum absolute atomic E-state index is 12.3. The Kier molecular flexibility index (Phi) is 8.23. The van der Waals surface area contributed by atoms with Crippen LogP contribution in [0.25, 0.3) is 0 Å². The third-order valence-corrected chi connectivity index (χ3v) is 4.67. The van der Waals surface area contributed by atoms with Crippen LogP contribution in [0.5, 0.6) is 11.5 Å². The Morgan fingerprint density at radius 3 is 2.23 bits per heavy atom.